The molecule has 0 aromatic carbocycles. The highest BCUT2D eigenvalue weighted by Crippen LogP contribution is 2.35. The van der Waals surface area contributed by atoms with E-state index in [2.05, 4.69) is 25.7 Å². The van der Waals surface area contributed by atoms with Gasteiger partial charge in [0.15, 0.2) is 5.75 Å². The highest BCUT2D eigenvalue weighted by molar-refractivity contribution is 14.1. The van der Waals surface area contributed by atoms with Crippen LogP contribution >= 0.6 is 38.5 Å². The fourth-order valence-corrected chi connectivity index (χ4v) is 1.96. The van der Waals surface area contributed by atoms with Crippen LogP contribution < -0.4 is 4.74 Å². The number of nitrogens with zero attached hydrogens (tertiary/aromatic N) is 1. The number of rotatable bonds is 2. The first-order chi connectivity index (χ1) is 6.85. The highest BCUT2D eigenvalue weighted by Gasteiger charge is 2.34. The smallest absolute Gasteiger partial charge is 0.506 e. The molecule has 0 unspecified atom stereocenters. The van der Waals surface area contributed by atoms with E-state index in [4.69, 9.17) is 0 Å². The standard InChI is InChI=1S/C7H4BrF3INO2/c8-1-3-4(14)2-13-6(12)5(3)15-7(9,10)11/h2,14H,1H2. The zero-order chi connectivity index (χ0) is 11.6. The molecule has 0 atom stereocenters. The summed E-state index contributed by atoms with van der Waals surface area (Å²) in [4.78, 5) is 3.56. The van der Waals surface area contributed by atoms with Gasteiger partial charge >= 0.3 is 6.36 Å². The Morgan fingerprint density at radius 2 is 2.13 bits per heavy atom. The van der Waals surface area contributed by atoms with Crippen molar-refractivity contribution in [1.29, 1.82) is 0 Å². The van der Waals surface area contributed by atoms with Crippen molar-refractivity contribution in [3.8, 4) is 11.5 Å². The first kappa shape index (κ1) is 12.8. The average Bonchev–Trinajstić information content (AvgIpc) is 2.10. The third kappa shape index (κ3) is 3.37. The second-order valence-electron chi connectivity index (χ2n) is 2.42. The van der Waals surface area contributed by atoms with E-state index >= 15 is 0 Å². The van der Waals surface area contributed by atoms with E-state index in [1.165, 1.54) is 0 Å². The zero-order valence-electron chi connectivity index (χ0n) is 6.98. The minimum atomic E-state index is -4.80. The van der Waals surface area contributed by atoms with Gasteiger partial charge in [0, 0.05) is 5.33 Å². The first-order valence-corrected chi connectivity index (χ1v) is 5.73. The van der Waals surface area contributed by atoms with Gasteiger partial charge in [0.1, 0.15) is 9.45 Å². The quantitative estimate of drug-likeness (QED) is 0.473. The SMILES string of the molecule is Oc1cnc(I)c(OC(F)(F)F)c1CBr. The molecule has 1 heterocycles. The summed E-state index contributed by atoms with van der Waals surface area (Å²) >= 11 is 4.56. The molecule has 0 aliphatic rings. The maximum atomic E-state index is 12.0. The molecule has 3 nitrogen and oxygen atoms in total. The van der Waals surface area contributed by atoms with Crippen molar-refractivity contribution in [3.63, 3.8) is 0 Å². The number of pyridine rings is 1. The highest BCUT2D eigenvalue weighted by atomic mass is 127. The molecule has 0 fully saturated rings. The molecule has 0 radical (unpaired) electrons. The van der Waals surface area contributed by atoms with Crippen LogP contribution in [0.1, 0.15) is 5.56 Å². The van der Waals surface area contributed by atoms with Gasteiger partial charge in [-0.1, -0.05) is 15.9 Å². The van der Waals surface area contributed by atoms with Crippen molar-refractivity contribution >= 4 is 38.5 Å². The van der Waals surface area contributed by atoms with Crippen LogP contribution in [0.15, 0.2) is 6.20 Å². The van der Waals surface area contributed by atoms with E-state index < -0.39 is 12.1 Å². The van der Waals surface area contributed by atoms with E-state index in [0.717, 1.165) is 6.20 Å². The molecule has 0 amide bonds. The van der Waals surface area contributed by atoms with Crippen LogP contribution in [0.3, 0.4) is 0 Å². The number of hydrogen-bond donors (Lipinski definition) is 1. The van der Waals surface area contributed by atoms with Gasteiger partial charge < -0.3 is 9.84 Å². The number of ether oxygens (including phenoxy) is 1. The molecule has 84 valence electrons. The van der Waals surface area contributed by atoms with Gasteiger partial charge in [0.25, 0.3) is 0 Å². The molecule has 0 saturated heterocycles. The molecule has 8 heteroatoms. The fourth-order valence-electron chi connectivity index (χ4n) is 0.844. The lowest BCUT2D eigenvalue weighted by molar-refractivity contribution is -0.275. The minimum absolute atomic E-state index is 0.0201. The maximum Gasteiger partial charge on any atom is 0.573 e. The average molecular weight is 398 g/mol. The topological polar surface area (TPSA) is 42.4 Å². The Labute approximate surface area is 105 Å². The molecule has 0 spiro atoms. The number of hydrogen-bond acceptors (Lipinski definition) is 3. The Balaban J connectivity index is 3.20. The molecule has 0 bridgehead atoms. The summed E-state index contributed by atoms with van der Waals surface area (Å²) in [5.74, 6) is -0.813. The second kappa shape index (κ2) is 4.73. The predicted molar refractivity (Wildman–Crippen MR) is 57.9 cm³/mol. The van der Waals surface area contributed by atoms with Crippen LogP contribution in [0.4, 0.5) is 13.2 Å². The molecule has 1 rings (SSSR count). The Morgan fingerprint density at radius 1 is 1.53 bits per heavy atom. The third-order valence-electron chi connectivity index (χ3n) is 1.42. The lowest BCUT2D eigenvalue weighted by Crippen LogP contribution is -2.19. The summed E-state index contributed by atoms with van der Waals surface area (Å²) in [5.41, 5.74) is 0.0201. The van der Waals surface area contributed by atoms with Crippen molar-refractivity contribution in [3.05, 3.63) is 15.5 Å². The van der Waals surface area contributed by atoms with Crippen LogP contribution in [0.5, 0.6) is 11.5 Å². The molecule has 0 saturated carbocycles. The summed E-state index contributed by atoms with van der Waals surface area (Å²) in [6.07, 6.45) is -3.73. The van der Waals surface area contributed by atoms with Crippen molar-refractivity contribution in [2.45, 2.75) is 11.7 Å². The number of halogens is 5. The Kier molecular flexibility index (Phi) is 4.04. The van der Waals surface area contributed by atoms with E-state index in [0.29, 0.717) is 0 Å². The normalized spacial score (nSPS) is 11.5. The monoisotopic (exact) mass is 397 g/mol. The van der Waals surface area contributed by atoms with Gasteiger partial charge in [0.05, 0.1) is 11.8 Å². The minimum Gasteiger partial charge on any atom is -0.506 e. The van der Waals surface area contributed by atoms with Gasteiger partial charge in [-0.2, -0.15) is 0 Å². The van der Waals surface area contributed by atoms with Crippen LogP contribution in [0.25, 0.3) is 0 Å². The van der Waals surface area contributed by atoms with Gasteiger partial charge in [-0.3, -0.25) is 0 Å². The zero-order valence-corrected chi connectivity index (χ0v) is 10.7. The van der Waals surface area contributed by atoms with Gasteiger partial charge in [-0.25, -0.2) is 4.98 Å². The van der Waals surface area contributed by atoms with E-state index in [1.807, 2.05) is 0 Å². The molecular formula is C7H4BrF3INO2. The van der Waals surface area contributed by atoms with Gasteiger partial charge in [-0.15, -0.1) is 13.2 Å². The fraction of sp³-hybridized carbons (Fsp3) is 0.286. The largest absolute Gasteiger partial charge is 0.573 e. The molecule has 1 aromatic heterocycles. The molecular weight excluding hydrogens is 394 g/mol. The molecule has 0 aliphatic carbocycles. The lowest BCUT2D eigenvalue weighted by Gasteiger charge is -2.13. The van der Waals surface area contributed by atoms with E-state index in [9.17, 15) is 18.3 Å². The number of aromatic nitrogens is 1. The number of alkyl halides is 4. The Morgan fingerprint density at radius 3 is 2.60 bits per heavy atom. The van der Waals surface area contributed by atoms with E-state index in [-0.39, 0.29) is 20.3 Å². The maximum absolute atomic E-state index is 12.0. The van der Waals surface area contributed by atoms with E-state index in [1.54, 1.807) is 22.6 Å². The summed E-state index contributed by atoms with van der Waals surface area (Å²) in [5, 5.41) is 9.31. The van der Waals surface area contributed by atoms with Crippen molar-refractivity contribution in [2.24, 2.45) is 0 Å². The molecule has 15 heavy (non-hydrogen) atoms. The van der Waals surface area contributed by atoms with Crippen LogP contribution in [-0.4, -0.2) is 16.5 Å². The predicted octanol–water partition coefficient (Wildman–Crippen LogP) is 3.19. The van der Waals surface area contributed by atoms with Crippen LogP contribution in [0, 0.1) is 3.70 Å². The van der Waals surface area contributed by atoms with Crippen molar-refractivity contribution in [1.82, 2.24) is 4.98 Å². The number of aromatic hydroxyl groups is 1. The summed E-state index contributed by atoms with van der Waals surface area (Å²) in [6, 6.07) is 0. The summed E-state index contributed by atoms with van der Waals surface area (Å²) in [7, 11) is 0. The van der Waals surface area contributed by atoms with Gasteiger partial charge in [-0.05, 0) is 22.6 Å². The summed E-state index contributed by atoms with van der Waals surface area (Å²) in [6.45, 7) is 0. The third-order valence-corrected chi connectivity index (χ3v) is 2.75. The first-order valence-electron chi connectivity index (χ1n) is 3.53. The molecule has 1 aromatic rings. The van der Waals surface area contributed by atoms with Crippen molar-refractivity contribution in [2.75, 3.05) is 0 Å². The molecule has 1 N–H and O–H groups in total. The van der Waals surface area contributed by atoms with Crippen LogP contribution in [0.2, 0.25) is 0 Å². The Bertz CT molecular complexity index is 372. The van der Waals surface area contributed by atoms with Gasteiger partial charge in [0.2, 0.25) is 0 Å². The lowest BCUT2D eigenvalue weighted by atomic mass is 10.2. The van der Waals surface area contributed by atoms with Crippen molar-refractivity contribution < 1.29 is 23.0 Å². The Hall–Kier alpha value is -0.250. The van der Waals surface area contributed by atoms with Crippen LogP contribution in [-0.2, 0) is 5.33 Å². The molecule has 0 aliphatic heterocycles. The summed E-state index contributed by atoms with van der Waals surface area (Å²) < 4.78 is 39.9. The second-order valence-corrected chi connectivity index (χ2v) is 4.01.